The SMILES string of the molecule is NC1CCC2CN(C(=O)c3c(F)cccc3Cl)CC12. The molecule has 1 saturated carbocycles. The molecule has 1 saturated heterocycles. The first kappa shape index (κ1) is 12.9. The Hall–Kier alpha value is -1.13. The lowest BCUT2D eigenvalue weighted by Crippen LogP contribution is -2.34. The first-order valence-corrected chi connectivity index (χ1v) is 6.94. The van der Waals surface area contributed by atoms with Crippen LogP contribution in [0, 0.1) is 17.7 Å². The largest absolute Gasteiger partial charge is 0.338 e. The molecule has 5 heteroatoms. The fraction of sp³-hybridized carbons (Fsp3) is 0.500. The van der Waals surface area contributed by atoms with Crippen molar-refractivity contribution in [1.82, 2.24) is 4.90 Å². The normalized spacial score (nSPS) is 29.6. The van der Waals surface area contributed by atoms with Gasteiger partial charge in [-0.1, -0.05) is 17.7 Å². The van der Waals surface area contributed by atoms with Crippen molar-refractivity contribution in [2.75, 3.05) is 13.1 Å². The number of rotatable bonds is 1. The minimum Gasteiger partial charge on any atom is -0.338 e. The van der Waals surface area contributed by atoms with Gasteiger partial charge in [0.25, 0.3) is 5.91 Å². The maximum Gasteiger partial charge on any atom is 0.258 e. The maximum atomic E-state index is 13.8. The molecule has 2 aliphatic rings. The van der Waals surface area contributed by atoms with Crippen LogP contribution in [0.2, 0.25) is 5.02 Å². The highest BCUT2D eigenvalue weighted by molar-refractivity contribution is 6.33. The average molecular weight is 283 g/mol. The molecule has 0 aromatic heterocycles. The van der Waals surface area contributed by atoms with E-state index in [4.69, 9.17) is 17.3 Å². The Labute approximate surface area is 116 Å². The molecule has 3 unspecified atom stereocenters. The molecule has 1 amide bonds. The minimum absolute atomic E-state index is 0.0160. The second kappa shape index (κ2) is 4.76. The van der Waals surface area contributed by atoms with Gasteiger partial charge in [0.2, 0.25) is 0 Å². The number of likely N-dealkylation sites (tertiary alicyclic amines) is 1. The van der Waals surface area contributed by atoms with E-state index in [0.29, 0.717) is 24.9 Å². The lowest BCUT2D eigenvalue weighted by Gasteiger charge is -2.19. The summed E-state index contributed by atoms with van der Waals surface area (Å²) in [5.74, 6) is -0.0532. The number of hydrogen-bond donors (Lipinski definition) is 1. The molecular formula is C14H16ClFN2O. The zero-order chi connectivity index (χ0) is 13.6. The molecule has 1 heterocycles. The number of halogens is 2. The van der Waals surface area contributed by atoms with Gasteiger partial charge < -0.3 is 10.6 Å². The van der Waals surface area contributed by atoms with E-state index >= 15 is 0 Å². The first-order valence-electron chi connectivity index (χ1n) is 6.57. The van der Waals surface area contributed by atoms with Crippen LogP contribution in [-0.4, -0.2) is 29.9 Å². The fourth-order valence-electron chi connectivity index (χ4n) is 3.33. The van der Waals surface area contributed by atoms with Crippen molar-refractivity contribution in [3.05, 3.63) is 34.6 Å². The molecule has 2 N–H and O–H groups in total. The average Bonchev–Trinajstić information content (AvgIpc) is 2.92. The van der Waals surface area contributed by atoms with Gasteiger partial charge in [0.05, 0.1) is 10.6 Å². The molecule has 1 aromatic rings. The summed E-state index contributed by atoms with van der Waals surface area (Å²) in [6.45, 7) is 1.29. The molecule has 0 spiro atoms. The van der Waals surface area contributed by atoms with Crippen molar-refractivity contribution >= 4 is 17.5 Å². The summed E-state index contributed by atoms with van der Waals surface area (Å²) in [6, 6.07) is 4.48. The lowest BCUT2D eigenvalue weighted by molar-refractivity contribution is 0.0775. The number of amides is 1. The van der Waals surface area contributed by atoms with Crippen molar-refractivity contribution < 1.29 is 9.18 Å². The summed E-state index contributed by atoms with van der Waals surface area (Å²) < 4.78 is 13.8. The molecular weight excluding hydrogens is 267 g/mol. The van der Waals surface area contributed by atoms with E-state index in [-0.39, 0.29) is 22.5 Å². The Balaban J connectivity index is 1.83. The van der Waals surface area contributed by atoms with Gasteiger partial charge in [-0.25, -0.2) is 4.39 Å². The maximum absolute atomic E-state index is 13.8. The van der Waals surface area contributed by atoms with E-state index in [1.807, 2.05) is 0 Å². The topological polar surface area (TPSA) is 46.3 Å². The van der Waals surface area contributed by atoms with Gasteiger partial charge >= 0.3 is 0 Å². The molecule has 3 rings (SSSR count). The molecule has 0 radical (unpaired) electrons. The third kappa shape index (κ3) is 2.13. The van der Waals surface area contributed by atoms with Crippen molar-refractivity contribution in [2.24, 2.45) is 17.6 Å². The molecule has 1 aromatic carbocycles. The van der Waals surface area contributed by atoms with Crippen LogP contribution in [0.3, 0.4) is 0 Å². The summed E-state index contributed by atoms with van der Waals surface area (Å²) in [6.07, 6.45) is 2.08. The van der Waals surface area contributed by atoms with E-state index < -0.39 is 5.82 Å². The van der Waals surface area contributed by atoms with Gasteiger partial charge in [0.15, 0.2) is 0 Å². The van der Waals surface area contributed by atoms with Crippen molar-refractivity contribution in [2.45, 2.75) is 18.9 Å². The molecule has 102 valence electrons. The Bertz CT molecular complexity index is 502. The predicted molar refractivity (Wildman–Crippen MR) is 71.5 cm³/mol. The zero-order valence-corrected chi connectivity index (χ0v) is 11.2. The number of fused-ring (bicyclic) bond motifs is 1. The smallest absolute Gasteiger partial charge is 0.258 e. The fourth-order valence-corrected chi connectivity index (χ4v) is 3.58. The zero-order valence-electron chi connectivity index (χ0n) is 10.5. The second-order valence-corrected chi connectivity index (χ2v) is 5.88. The summed E-state index contributed by atoms with van der Waals surface area (Å²) in [4.78, 5) is 14.1. The minimum atomic E-state index is -0.557. The van der Waals surface area contributed by atoms with Crippen LogP contribution < -0.4 is 5.73 Å². The molecule has 19 heavy (non-hydrogen) atoms. The molecule has 1 aliphatic heterocycles. The van der Waals surface area contributed by atoms with Gasteiger partial charge in [-0.3, -0.25) is 4.79 Å². The summed E-state index contributed by atoms with van der Waals surface area (Å²) in [7, 11) is 0. The predicted octanol–water partition coefficient (Wildman–Crippen LogP) is 2.29. The van der Waals surface area contributed by atoms with E-state index in [9.17, 15) is 9.18 Å². The third-order valence-corrected chi connectivity index (χ3v) is 4.69. The van der Waals surface area contributed by atoms with Crippen LogP contribution in [0.25, 0.3) is 0 Å². The van der Waals surface area contributed by atoms with E-state index in [2.05, 4.69) is 0 Å². The molecule has 1 aliphatic carbocycles. The number of carbonyl (C=O) groups is 1. The van der Waals surface area contributed by atoms with Gasteiger partial charge in [-0.15, -0.1) is 0 Å². The first-order chi connectivity index (χ1) is 9.08. The van der Waals surface area contributed by atoms with Crippen LogP contribution in [0.1, 0.15) is 23.2 Å². The quantitative estimate of drug-likeness (QED) is 0.859. The van der Waals surface area contributed by atoms with Gasteiger partial charge in [0, 0.05) is 19.1 Å². The van der Waals surface area contributed by atoms with E-state index in [1.54, 1.807) is 11.0 Å². The van der Waals surface area contributed by atoms with Crippen LogP contribution >= 0.6 is 11.6 Å². The van der Waals surface area contributed by atoms with Crippen LogP contribution in [-0.2, 0) is 0 Å². The Kier molecular flexibility index (Phi) is 3.23. The number of hydrogen-bond acceptors (Lipinski definition) is 2. The number of carbonyl (C=O) groups excluding carboxylic acids is 1. The molecule has 3 atom stereocenters. The number of benzene rings is 1. The highest BCUT2D eigenvalue weighted by atomic mass is 35.5. The van der Waals surface area contributed by atoms with Crippen LogP contribution in [0.4, 0.5) is 4.39 Å². The molecule has 2 fully saturated rings. The van der Waals surface area contributed by atoms with Gasteiger partial charge in [-0.05, 0) is 36.8 Å². The summed E-state index contributed by atoms with van der Waals surface area (Å²) in [5.41, 5.74) is 6.03. The van der Waals surface area contributed by atoms with Crippen molar-refractivity contribution in [3.8, 4) is 0 Å². The number of nitrogens with zero attached hydrogens (tertiary/aromatic N) is 1. The Morgan fingerprint density at radius 3 is 2.84 bits per heavy atom. The Morgan fingerprint density at radius 2 is 2.16 bits per heavy atom. The van der Waals surface area contributed by atoms with E-state index in [1.165, 1.54) is 12.1 Å². The van der Waals surface area contributed by atoms with E-state index in [0.717, 1.165) is 12.8 Å². The second-order valence-electron chi connectivity index (χ2n) is 5.47. The van der Waals surface area contributed by atoms with Gasteiger partial charge in [-0.2, -0.15) is 0 Å². The molecule has 0 bridgehead atoms. The monoisotopic (exact) mass is 282 g/mol. The highest BCUT2D eigenvalue weighted by Gasteiger charge is 2.43. The summed E-state index contributed by atoms with van der Waals surface area (Å²) >= 11 is 5.94. The number of nitrogens with two attached hydrogens (primary N) is 1. The highest BCUT2D eigenvalue weighted by Crippen LogP contribution is 2.38. The molecule has 3 nitrogen and oxygen atoms in total. The summed E-state index contributed by atoms with van der Waals surface area (Å²) in [5, 5.41) is 0.173. The Morgan fingerprint density at radius 1 is 1.37 bits per heavy atom. The lowest BCUT2D eigenvalue weighted by atomic mass is 9.98. The van der Waals surface area contributed by atoms with Crippen LogP contribution in [0.5, 0.6) is 0 Å². The van der Waals surface area contributed by atoms with Crippen molar-refractivity contribution in [3.63, 3.8) is 0 Å². The van der Waals surface area contributed by atoms with Gasteiger partial charge in [0.1, 0.15) is 5.82 Å². The third-order valence-electron chi connectivity index (χ3n) is 4.38. The van der Waals surface area contributed by atoms with Crippen LogP contribution in [0.15, 0.2) is 18.2 Å². The van der Waals surface area contributed by atoms with Crippen molar-refractivity contribution in [1.29, 1.82) is 0 Å². The standard InChI is InChI=1S/C14H16ClFN2O/c15-10-2-1-3-11(16)13(10)14(19)18-6-8-4-5-12(17)9(8)7-18/h1-3,8-9,12H,4-7,17H2.